The molecule has 1 rings (SSSR count). The second-order valence-corrected chi connectivity index (χ2v) is 7.44. The molecular formula is C17H27IO. The van der Waals surface area contributed by atoms with Crippen LogP contribution in [-0.4, -0.2) is 4.51 Å². The van der Waals surface area contributed by atoms with Gasteiger partial charge in [0.05, 0.1) is 0 Å². The lowest BCUT2D eigenvalue weighted by Gasteiger charge is -2.29. The van der Waals surface area contributed by atoms with Gasteiger partial charge in [0.2, 0.25) is 0 Å². The maximum absolute atomic E-state index is 5.83. The monoisotopic (exact) mass is 374 g/mol. The number of benzene rings is 1. The van der Waals surface area contributed by atoms with E-state index in [1.54, 1.807) is 0 Å². The standard InChI is InChI=1S/C17H27IO/c1-8-16(3,4)13-10-11-15(19-18-7)14(12-13)17(5,6)9-2/h10-12H,7-9H2,1-6H3. The third kappa shape index (κ3) is 3.80. The Morgan fingerprint density at radius 2 is 1.63 bits per heavy atom. The van der Waals surface area contributed by atoms with Crippen LogP contribution in [0, 0.1) is 0 Å². The highest BCUT2D eigenvalue weighted by atomic mass is 127. The average molecular weight is 374 g/mol. The van der Waals surface area contributed by atoms with Crippen LogP contribution in [0.1, 0.15) is 65.5 Å². The van der Waals surface area contributed by atoms with Gasteiger partial charge in [-0.15, -0.1) is 0 Å². The molecule has 0 saturated carbocycles. The molecule has 108 valence electrons. The molecule has 0 heterocycles. The van der Waals surface area contributed by atoms with E-state index in [2.05, 4.69) is 64.3 Å². The maximum atomic E-state index is 5.83. The van der Waals surface area contributed by atoms with E-state index in [-0.39, 0.29) is 10.8 Å². The van der Waals surface area contributed by atoms with Crippen molar-refractivity contribution in [1.29, 1.82) is 0 Å². The Kier molecular flexibility index (Phi) is 5.60. The van der Waals surface area contributed by atoms with Crippen molar-refractivity contribution in [3.8, 4) is 5.75 Å². The molecule has 0 aliphatic heterocycles. The molecule has 0 bridgehead atoms. The van der Waals surface area contributed by atoms with E-state index in [1.165, 1.54) is 11.1 Å². The largest absolute Gasteiger partial charge is 0.436 e. The van der Waals surface area contributed by atoms with E-state index in [1.807, 2.05) is 0 Å². The van der Waals surface area contributed by atoms with Gasteiger partial charge >= 0.3 is 0 Å². The molecule has 0 unspecified atom stereocenters. The van der Waals surface area contributed by atoms with E-state index in [9.17, 15) is 0 Å². The molecule has 1 aromatic carbocycles. The molecule has 0 N–H and O–H groups in total. The van der Waals surface area contributed by atoms with Gasteiger partial charge in [-0.3, -0.25) is 0 Å². The van der Waals surface area contributed by atoms with Crippen LogP contribution < -0.4 is 3.07 Å². The van der Waals surface area contributed by atoms with Crippen LogP contribution in [0.5, 0.6) is 5.75 Å². The Morgan fingerprint density at radius 3 is 2.11 bits per heavy atom. The van der Waals surface area contributed by atoms with Crippen LogP contribution in [0.15, 0.2) is 18.2 Å². The van der Waals surface area contributed by atoms with Crippen molar-refractivity contribution in [3.63, 3.8) is 0 Å². The van der Waals surface area contributed by atoms with Crippen molar-refractivity contribution in [2.24, 2.45) is 0 Å². The third-order valence-electron chi connectivity index (χ3n) is 4.40. The molecule has 0 aromatic heterocycles. The van der Waals surface area contributed by atoms with E-state index in [0.717, 1.165) is 18.6 Å². The van der Waals surface area contributed by atoms with E-state index < -0.39 is 21.1 Å². The first-order valence-electron chi connectivity index (χ1n) is 6.99. The number of rotatable bonds is 6. The molecule has 0 atom stereocenters. The zero-order valence-corrected chi connectivity index (χ0v) is 15.3. The smallest absolute Gasteiger partial charge is 0.136 e. The molecule has 0 aliphatic rings. The Balaban J connectivity index is 3.38. The minimum absolute atomic E-state index is 0.147. The van der Waals surface area contributed by atoms with Gasteiger partial charge in [-0.25, -0.2) is 0 Å². The fourth-order valence-electron chi connectivity index (χ4n) is 2.00. The van der Waals surface area contributed by atoms with Crippen LogP contribution in [0.2, 0.25) is 0 Å². The van der Waals surface area contributed by atoms with Crippen LogP contribution in [0.3, 0.4) is 0 Å². The van der Waals surface area contributed by atoms with Crippen molar-refractivity contribution in [2.75, 3.05) is 0 Å². The van der Waals surface area contributed by atoms with Gasteiger partial charge < -0.3 is 3.07 Å². The summed E-state index contributed by atoms with van der Waals surface area (Å²) >= 11 is -0.434. The van der Waals surface area contributed by atoms with Crippen LogP contribution in [0.4, 0.5) is 0 Å². The van der Waals surface area contributed by atoms with Crippen molar-refractivity contribution in [3.05, 3.63) is 29.3 Å². The van der Waals surface area contributed by atoms with E-state index in [4.69, 9.17) is 3.07 Å². The van der Waals surface area contributed by atoms with Crippen molar-refractivity contribution >= 4 is 25.7 Å². The summed E-state index contributed by atoms with van der Waals surface area (Å²) in [6.07, 6.45) is 2.25. The van der Waals surface area contributed by atoms with Gasteiger partial charge in [-0.2, -0.15) is 0 Å². The molecule has 19 heavy (non-hydrogen) atoms. The first kappa shape index (κ1) is 16.7. The summed E-state index contributed by atoms with van der Waals surface area (Å²) in [5.74, 6) is 1.03. The second kappa shape index (κ2) is 6.38. The van der Waals surface area contributed by atoms with Crippen molar-refractivity contribution in [1.82, 2.24) is 0 Å². The topological polar surface area (TPSA) is 9.23 Å². The maximum Gasteiger partial charge on any atom is 0.136 e. The van der Waals surface area contributed by atoms with Gasteiger partial charge in [-0.05, 0) is 39.8 Å². The normalized spacial score (nSPS) is 12.5. The molecule has 0 saturated heterocycles. The molecule has 0 spiro atoms. The predicted octanol–water partition coefficient (Wildman–Crippen LogP) is 5.76. The summed E-state index contributed by atoms with van der Waals surface area (Å²) in [5, 5.41) is 0. The molecule has 1 nitrogen and oxygen atoms in total. The van der Waals surface area contributed by atoms with Crippen LogP contribution >= 0.6 is 21.1 Å². The zero-order chi connectivity index (χ0) is 14.7. The summed E-state index contributed by atoms with van der Waals surface area (Å²) in [4.78, 5) is 0. The van der Waals surface area contributed by atoms with E-state index in [0.29, 0.717) is 0 Å². The first-order chi connectivity index (χ1) is 8.78. The molecular weight excluding hydrogens is 347 g/mol. The fourth-order valence-corrected chi connectivity index (χ4v) is 2.72. The molecule has 0 fully saturated rings. The lowest BCUT2D eigenvalue weighted by Crippen LogP contribution is -2.20. The molecule has 0 radical (unpaired) electrons. The van der Waals surface area contributed by atoms with Gasteiger partial charge in [0.25, 0.3) is 0 Å². The van der Waals surface area contributed by atoms with Crippen molar-refractivity contribution in [2.45, 2.75) is 65.2 Å². The first-order valence-corrected chi connectivity index (χ1v) is 9.39. The quantitative estimate of drug-likeness (QED) is 0.576. The van der Waals surface area contributed by atoms with Crippen LogP contribution in [0.25, 0.3) is 0 Å². The summed E-state index contributed by atoms with van der Waals surface area (Å²) in [7, 11) is 0. The van der Waals surface area contributed by atoms with Gasteiger partial charge in [0.1, 0.15) is 26.9 Å². The summed E-state index contributed by atoms with van der Waals surface area (Å²) in [5.41, 5.74) is 3.10. The SMILES string of the molecule is C=IOc1ccc(C(C)(C)CC)cc1C(C)(C)CC. The molecule has 1 aromatic rings. The van der Waals surface area contributed by atoms with Crippen molar-refractivity contribution < 1.29 is 3.07 Å². The highest BCUT2D eigenvalue weighted by Crippen LogP contribution is 2.39. The average Bonchev–Trinajstić information content (AvgIpc) is 2.39. The highest BCUT2D eigenvalue weighted by molar-refractivity contribution is 14.2. The van der Waals surface area contributed by atoms with Crippen LogP contribution in [-0.2, 0) is 10.8 Å². The lowest BCUT2D eigenvalue weighted by atomic mass is 9.76. The highest BCUT2D eigenvalue weighted by Gasteiger charge is 2.26. The Labute approximate surface area is 129 Å². The summed E-state index contributed by atoms with van der Waals surface area (Å²) in [6.45, 7) is 13.7. The molecule has 0 amide bonds. The Hall–Kier alpha value is -0.380. The summed E-state index contributed by atoms with van der Waals surface area (Å²) in [6, 6.07) is 6.71. The van der Waals surface area contributed by atoms with E-state index >= 15 is 0 Å². The summed E-state index contributed by atoms with van der Waals surface area (Å²) < 4.78 is 9.73. The van der Waals surface area contributed by atoms with Gasteiger partial charge in [0.15, 0.2) is 0 Å². The molecule has 0 aliphatic carbocycles. The number of halogens is 1. The molecule has 2 heteroatoms. The fraction of sp³-hybridized carbons (Fsp3) is 0.588. The number of hydrogen-bond acceptors (Lipinski definition) is 1. The predicted molar refractivity (Wildman–Crippen MR) is 94.8 cm³/mol. The van der Waals surface area contributed by atoms with Gasteiger partial charge in [0, 0.05) is 5.56 Å². The second-order valence-electron chi connectivity index (χ2n) is 6.37. The Morgan fingerprint density at radius 1 is 1.05 bits per heavy atom. The van der Waals surface area contributed by atoms with Gasteiger partial charge in [-0.1, -0.05) is 53.7 Å². The zero-order valence-electron chi connectivity index (χ0n) is 13.1. The lowest BCUT2D eigenvalue weighted by molar-refractivity contribution is 0.478. The number of hydrogen-bond donors (Lipinski definition) is 0. The minimum Gasteiger partial charge on any atom is -0.436 e. The Bertz CT molecular complexity index is 447. The third-order valence-corrected chi connectivity index (χ3v) is 5.18. The minimum atomic E-state index is -0.434.